The zero-order chi connectivity index (χ0) is 13.1. The quantitative estimate of drug-likeness (QED) is 0.671. The molecule has 2 rings (SSSR count). The van der Waals surface area contributed by atoms with E-state index >= 15 is 0 Å². The molecule has 0 aliphatic heterocycles. The second-order valence-corrected chi connectivity index (χ2v) is 5.40. The zero-order valence-corrected chi connectivity index (χ0v) is 12.2. The van der Waals surface area contributed by atoms with Crippen molar-refractivity contribution in [2.75, 3.05) is 0 Å². The molecule has 18 heavy (non-hydrogen) atoms. The highest BCUT2D eigenvalue weighted by Crippen LogP contribution is 2.28. The molecule has 0 saturated carbocycles. The number of rotatable bonds is 3. The largest absolute Gasteiger partial charge is 0.271 e. The molecule has 0 aromatic heterocycles. The first kappa shape index (κ1) is 13.3. The van der Waals surface area contributed by atoms with E-state index in [4.69, 9.17) is 5.84 Å². The Hall–Kier alpha value is -1.16. The van der Waals surface area contributed by atoms with E-state index in [0.717, 1.165) is 10.0 Å². The lowest BCUT2D eigenvalue weighted by Gasteiger charge is -2.19. The Labute approximate surface area is 116 Å². The molecule has 0 amide bonds. The van der Waals surface area contributed by atoms with Crippen LogP contribution in [0.2, 0.25) is 0 Å². The molecule has 0 aliphatic rings. The molecular weight excluding hydrogens is 288 g/mol. The summed E-state index contributed by atoms with van der Waals surface area (Å²) >= 11 is 3.58. The van der Waals surface area contributed by atoms with Crippen molar-refractivity contribution < 1.29 is 0 Å². The van der Waals surface area contributed by atoms with Crippen molar-refractivity contribution in [1.29, 1.82) is 0 Å². The maximum absolute atomic E-state index is 5.74. The molecule has 0 bridgehead atoms. The van der Waals surface area contributed by atoms with Crippen molar-refractivity contribution in [3.05, 3.63) is 69.2 Å². The molecular formula is C15H17BrN2. The highest BCUT2D eigenvalue weighted by atomic mass is 79.9. The number of hydrogen-bond donors (Lipinski definition) is 2. The van der Waals surface area contributed by atoms with Gasteiger partial charge in [0.25, 0.3) is 0 Å². The lowest BCUT2D eigenvalue weighted by atomic mass is 9.96. The summed E-state index contributed by atoms with van der Waals surface area (Å²) in [7, 11) is 0. The van der Waals surface area contributed by atoms with Crippen LogP contribution in [0, 0.1) is 13.8 Å². The van der Waals surface area contributed by atoms with Crippen LogP contribution in [0.15, 0.2) is 46.9 Å². The van der Waals surface area contributed by atoms with Crippen LogP contribution in [-0.2, 0) is 0 Å². The van der Waals surface area contributed by atoms with Gasteiger partial charge in [0.15, 0.2) is 0 Å². The Morgan fingerprint density at radius 2 is 1.67 bits per heavy atom. The molecule has 0 heterocycles. The van der Waals surface area contributed by atoms with E-state index in [-0.39, 0.29) is 6.04 Å². The van der Waals surface area contributed by atoms with Gasteiger partial charge in [0, 0.05) is 4.47 Å². The van der Waals surface area contributed by atoms with Gasteiger partial charge >= 0.3 is 0 Å². The van der Waals surface area contributed by atoms with E-state index in [1.54, 1.807) is 0 Å². The number of benzene rings is 2. The van der Waals surface area contributed by atoms with Crippen molar-refractivity contribution >= 4 is 15.9 Å². The maximum atomic E-state index is 5.74. The Morgan fingerprint density at radius 3 is 2.22 bits per heavy atom. The van der Waals surface area contributed by atoms with Crippen LogP contribution >= 0.6 is 15.9 Å². The summed E-state index contributed by atoms with van der Waals surface area (Å²) in [6, 6.07) is 14.6. The smallest absolute Gasteiger partial charge is 0.0721 e. The van der Waals surface area contributed by atoms with Crippen LogP contribution in [0.1, 0.15) is 28.3 Å². The minimum absolute atomic E-state index is 0.000764. The van der Waals surface area contributed by atoms with Gasteiger partial charge in [-0.2, -0.15) is 0 Å². The Morgan fingerprint density at radius 1 is 1.06 bits per heavy atom. The van der Waals surface area contributed by atoms with Crippen LogP contribution in [0.25, 0.3) is 0 Å². The highest BCUT2D eigenvalue weighted by Gasteiger charge is 2.15. The first-order valence-electron chi connectivity index (χ1n) is 5.90. The fourth-order valence-electron chi connectivity index (χ4n) is 2.25. The first-order chi connectivity index (χ1) is 8.61. The predicted octanol–water partition coefficient (Wildman–Crippen LogP) is 3.62. The van der Waals surface area contributed by atoms with Gasteiger partial charge in [0.2, 0.25) is 0 Å². The third-order valence-corrected chi connectivity index (χ3v) is 3.68. The summed E-state index contributed by atoms with van der Waals surface area (Å²) in [6.07, 6.45) is 0. The van der Waals surface area contributed by atoms with E-state index in [2.05, 4.69) is 59.5 Å². The summed E-state index contributed by atoms with van der Waals surface area (Å²) < 4.78 is 1.06. The van der Waals surface area contributed by atoms with Crippen molar-refractivity contribution in [2.24, 2.45) is 5.84 Å². The number of hydrazine groups is 1. The van der Waals surface area contributed by atoms with E-state index in [1.807, 2.05) is 18.2 Å². The van der Waals surface area contributed by atoms with Crippen molar-refractivity contribution in [1.82, 2.24) is 5.43 Å². The molecule has 0 saturated heterocycles. The number of aryl methyl sites for hydroxylation is 2. The summed E-state index contributed by atoms with van der Waals surface area (Å²) in [4.78, 5) is 0. The van der Waals surface area contributed by atoms with Gasteiger partial charge in [0.05, 0.1) is 6.04 Å². The zero-order valence-electron chi connectivity index (χ0n) is 10.6. The number of halogens is 1. The summed E-state index contributed by atoms with van der Waals surface area (Å²) in [5, 5.41) is 0. The predicted molar refractivity (Wildman–Crippen MR) is 79.2 cm³/mol. The van der Waals surface area contributed by atoms with Gasteiger partial charge < -0.3 is 0 Å². The van der Waals surface area contributed by atoms with E-state index < -0.39 is 0 Å². The van der Waals surface area contributed by atoms with E-state index in [0.29, 0.717) is 0 Å². The molecule has 94 valence electrons. The molecule has 0 aliphatic carbocycles. The molecule has 0 spiro atoms. The molecule has 2 aromatic rings. The minimum atomic E-state index is -0.000764. The second-order valence-electron chi connectivity index (χ2n) is 4.54. The van der Waals surface area contributed by atoms with Crippen molar-refractivity contribution in [3.8, 4) is 0 Å². The van der Waals surface area contributed by atoms with E-state index in [1.165, 1.54) is 16.7 Å². The van der Waals surface area contributed by atoms with Gasteiger partial charge in [-0.3, -0.25) is 5.84 Å². The minimum Gasteiger partial charge on any atom is -0.271 e. The fourth-order valence-corrected chi connectivity index (χ4v) is 2.77. The second kappa shape index (κ2) is 5.65. The van der Waals surface area contributed by atoms with Crippen LogP contribution < -0.4 is 11.3 Å². The van der Waals surface area contributed by atoms with Gasteiger partial charge in [-0.25, -0.2) is 5.43 Å². The molecule has 0 fully saturated rings. The average Bonchev–Trinajstić information content (AvgIpc) is 2.31. The van der Waals surface area contributed by atoms with Crippen LogP contribution in [0.3, 0.4) is 0 Å². The molecule has 1 unspecified atom stereocenters. The van der Waals surface area contributed by atoms with Gasteiger partial charge in [-0.1, -0.05) is 63.5 Å². The van der Waals surface area contributed by atoms with Crippen LogP contribution in [0.5, 0.6) is 0 Å². The lowest BCUT2D eigenvalue weighted by Crippen LogP contribution is -2.29. The Balaban J connectivity index is 2.48. The first-order valence-corrected chi connectivity index (χ1v) is 6.70. The highest BCUT2D eigenvalue weighted by molar-refractivity contribution is 9.10. The van der Waals surface area contributed by atoms with Gasteiger partial charge in [0.1, 0.15) is 0 Å². The maximum Gasteiger partial charge on any atom is 0.0721 e. The molecule has 3 N–H and O–H groups in total. The Bertz CT molecular complexity index is 532. The third-order valence-electron chi connectivity index (χ3n) is 2.96. The normalized spacial score (nSPS) is 12.4. The van der Waals surface area contributed by atoms with Crippen LogP contribution in [-0.4, -0.2) is 0 Å². The molecule has 1 atom stereocenters. The monoisotopic (exact) mass is 304 g/mol. The van der Waals surface area contributed by atoms with Crippen LogP contribution in [0.4, 0.5) is 0 Å². The molecule has 2 aromatic carbocycles. The summed E-state index contributed by atoms with van der Waals surface area (Å²) in [6.45, 7) is 4.20. The standard InChI is InChI=1S/C15H17BrN2/c1-10-7-11(2)9-12(8-10)15(18-17)13-5-3-4-6-14(13)16/h3-9,15,18H,17H2,1-2H3. The number of hydrogen-bond acceptors (Lipinski definition) is 2. The van der Waals surface area contributed by atoms with Gasteiger partial charge in [-0.15, -0.1) is 0 Å². The lowest BCUT2D eigenvalue weighted by molar-refractivity contribution is 0.634. The topological polar surface area (TPSA) is 38.0 Å². The van der Waals surface area contributed by atoms with Crippen molar-refractivity contribution in [2.45, 2.75) is 19.9 Å². The SMILES string of the molecule is Cc1cc(C)cc(C(NN)c2ccccc2Br)c1. The molecule has 2 nitrogen and oxygen atoms in total. The number of nitrogens with two attached hydrogens (primary N) is 1. The average molecular weight is 305 g/mol. The summed E-state index contributed by atoms with van der Waals surface area (Å²) in [5.74, 6) is 5.74. The van der Waals surface area contributed by atoms with Crippen molar-refractivity contribution in [3.63, 3.8) is 0 Å². The van der Waals surface area contributed by atoms with E-state index in [9.17, 15) is 0 Å². The fraction of sp³-hybridized carbons (Fsp3) is 0.200. The summed E-state index contributed by atoms with van der Waals surface area (Å²) in [5.41, 5.74) is 7.72. The number of nitrogens with one attached hydrogen (secondary N) is 1. The Kier molecular flexibility index (Phi) is 4.17. The third kappa shape index (κ3) is 2.80. The molecule has 0 radical (unpaired) electrons. The molecule has 3 heteroatoms. The van der Waals surface area contributed by atoms with Gasteiger partial charge in [-0.05, 0) is 31.0 Å².